The number of carbonyl (C=O) groups excluding carboxylic acids is 1. The van der Waals surface area contributed by atoms with Gasteiger partial charge in [0, 0.05) is 19.3 Å². The molecule has 100 valence electrons. The van der Waals surface area contributed by atoms with Gasteiger partial charge in [0.1, 0.15) is 0 Å². The van der Waals surface area contributed by atoms with Crippen LogP contribution in [0, 0.1) is 6.92 Å². The van der Waals surface area contributed by atoms with Gasteiger partial charge >= 0.3 is 0 Å². The number of rotatable bonds is 5. The van der Waals surface area contributed by atoms with Crippen LogP contribution in [0.4, 0.5) is 0 Å². The largest absolute Gasteiger partial charge is 0.396 e. The minimum atomic E-state index is -0.187. The molecule has 19 heavy (non-hydrogen) atoms. The highest BCUT2D eigenvalue weighted by atomic mass is 16.3. The maximum absolute atomic E-state index is 11.9. The molecule has 0 unspecified atom stereocenters. The topological polar surface area (TPSA) is 80.0 Å². The predicted molar refractivity (Wildman–Crippen MR) is 70.1 cm³/mol. The SMILES string of the molecule is Cc1c(C(=O)NCCCO)cnn1-c1ccccn1. The predicted octanol–water partition coefficient (Wildman–Crippen LogP) is 0.688. The molecule has 0 fully saturated rings. The molecule has 0 radical (unpaired) electrons. The average Bonchev–Trinajstić information content (AvgIpc) is 2.82. The molecule has 6 heteroatoms. The molecule has 0 atom stereocenters. The second kappa shape index (κ2) is 6.10. The van der Waals surface area contributed by atoms with Crippen molar-refractivity contribution in [3.05, 3.63) is 41.9 Å². The summed E-state index contributed by atoms with van der Waals surface area (Å²) < 4.78 is 1.63. The van der Waals surface area contributed by atoms with Crippen molar-refractivity contribution in [2.75, 3.05) is 13.2 Å². The normalized spacial score (nSPS) is 10.4. The van der Waals surface area contributed by atoms with E-state index < -0.39 is 0 Å². The molecular weight excluding hydrogens is 244 g/mol. The van der Waals surface area contributed by atoms with Crippen LogP contribution in [0.1, 0.15) is 22.5 Å². The van der Waals surface area contributed by atoms with Gasteiger partial charge in [-0.1, -0.05) is 6.07 Å². The quantitative estimate of drug-likeness (QED) is 0.775. The summed E-state index contributed by atoms with van der Waals surface area (Å²) in [6.45, 7) is 2.33. The Balaban J connectivity index is 2.17. The number of carbonyl (C=O) groups is 1. The van der Waals surface area contributed by atoms with Crippen LogP contribution >= 0.6 is 0 Å². The summed E-state index contributed by atoms with van der Waals surface area (Å²) in [6.07, 6.45) is 3.74. The van der Waals surface area contributed by atoms with Crippen LogP contribution in [0.3, 0.4) is 0 Å². The number of aliphatic hydroxyl groups is 1. The molecule has 0 aromatic carbocycles. The summed E-state index contributed by atoms with van der Waals surface area (Å²) in [5, 5.41) is 15.6. The van der Waals surface area contributed by atoms with Crippen molar-refractivity contribution < 1.29 is 9.90 Å². The maximum atomic E-state index is 11.9. The van der Waals surface area contributed by atoms with Crippen LogP contribution in [-0.4, -0.2) is 38.9 Å². The lowest BCUT2D eigenvalue weighted by Crippen LogP contribution is -2.25. The Morgan fingerprint density at radius 1 is 1.47 bits per heavy atom. The lowest BCUT2D eigenvalue weighted by Gasteiger charge is -2.05. The Morgan fingerprint density at radius 3 is 3.00 bits per heavy atom. The Kier molecular flexibility index (Phi) is 4.25. The number of aromatic nitrogens is 3. The van der Waals surface area contributed by atoms with Crippen LogP contribution in [0.25, 0.3) is 5.82 Å². The highest BCUT2D eigenvalue weighted by molar-refractivity contribution is 5.95. The van der Waals surface area contributed by atoms with Crippen LogP contribution in [0.15, 0.2) is 30.6 Å². The van der Waals surface area contributed by atoms with Crippen molar-refractivity contribution in [1.82, 2.24) is 20.1 Å². The van der Waals surface area contributed by atoms with Crippen LogP contribution in [-0.2, 0) is 0 Å². The van der Waals surface area contributed by atoms with Crippen molar-refractivity contribution >= 4 is 5.91 Å². The molecule has 1 amide bonds. The van der Waals surface area contributed by atoms with E-state index in [4.69, 9.17) is 5.11 Å². The maximum Gasteiger partial charge on any atom is 0.254 e. The summed E-state index contributed by atoms with van der Waals surface area (Å²) in [5.74, 6) is 0.488. The molecule has 6 nitrogen and oxygen atoms in total. The second-order valence-corrected chi connectivity index (χ2v) is 4.08. The Labute approximate surface area is 111 Å². The van der Waals surface area contributed by atoms with Gasteiger partial charge < -0.3 is 10.4 Å². The zero-order chi connectivity index (χ0) is 13.7. The van der Waals surface area contributed by atoms with Gasteiger partial charge in [-0.3, -0.25) is 4.79 Å². The molecule has 0 aliphatic rings. The first-order valence-corrected chi connectivity index (χ1v) is 6.09. The van der Waals surface area contributed by atoms with E-state index in [0.717, 1.165) is 5.69 Å². The van der Waals surface area contributed by atoms with Crippen molar-refractivity contribution in [2.24, 2.45) is 0 Å². The minimum absolute atomic E-state index is 0.0620. The fraction of sp³-hybridized carbons (Fsp3) is 0.308. The summed E-state index contributed by atoms with van der Waals surface area (Å²) in [4.78, 5) is 16.1. The van der Waals surface area contributed by atoms with E-state index in [1.54, 1.807) is 10.9 Å². The van der Waals surface area contributed by atoms with E-state index in [2.05, 4.69) is 15.4 Å². The molecule has 2 heterocycles. The van der Waals surface area contributed by atoms with Gasteiger partial charge in [-0.15, -0.1) is 0 Å². The van der Waals surface area contributed by atoms with Crippen molar-refractivity contribution in [3.63, 3.8) is 0 Å². The van der Waals surface area contributed by atoms with Gasteiger partial charge in [0.05, 0.1) is 17.5 Å². The lowest BCUT2D eigenvalue weighted by molar-refractivity contribution is 0.0950. The van der Waals surface area contributed by atoms with Crippen LogP contribution < -0.4 is 5.32 Å². The monoisotopic (exact) mass is 260 g/mol. The summed E-state index contributed by atoms with van der Waals surface area (Å²) in [6, 6.07) is 5.52. The zero-order valence-corrected chi connectivity index (χ0v) is 10.7. The number of amides is 1. The molecule has 2 N–H and O–H groups in total. The zero-order valence-electron chi connectivity index (χ0n) is 10.7. The molecule has 0 aliphatic carbocycles. The smallest absolute Gasteiger partial charge is 0.254 e. The first kappa shape index (κ1) is 13.2. The summed E-state index contributed by atoms with van der Waals surface area (Å²) in [5.41, 5.74) is 1.25. The summed E-state index contributed by atoms with van der Waals surface area (Å²) >= 11 is 0. The highest BCUT2D eigenvalue weighted by Gasteiger charge is 2.14. The number of hydrogen-bond acceptors (Lipinski definition) is 4. The van der Waals surface area contributed by atoms with Gasteiger partial charge in [-0.25, -0.2) is 9.67 Å². The van der Waals surface area contributed by atoms with Gasteiger partial charge in [-0.05, 0) is 25.5 Å². The van der Waals surface area contributed by atoms with E-state index in [1.807, 2.05) is 25.1 Å². The third-order valence-corrected chi connectivity index (χ3v) is 2.74. The fourth-order valence-corrected chi connectivity index (χ4v) is 1.72. The van der Waals surface area contributed by atoms with E-state index in [1.165, 1.54) is 6.20 Å². The molecule has 0 bridgehead atoms. The minimum Gasteiger partial charge on any atom is -0.396 e. The molecule has 0 saturated carbocycles. The molecule has 2 aromatic rings. The second-order valence-electron chi connectivity index (χ2n) is 4.08. The summed E-state index contributed by atoms with van der Waals surface area (Å²) in [7, 11) is 0. The van der Waals surface area contributed by atoms with E-state index in [0.29, 0.717) is 24.3 Å². The van der Waals surface area contributed by atoms with Gasteiger partial charge in [0.2, 0.25) is 0 Å². The number of nitrogens with zero attached hydrogens (tertiary/aromatic N) is 3. The van der Waals surface area contributed by atoms with Crippen molar-refractivity contribution in [1.29, 1.82) is 0 Å². The first-order chi connectivity index (χ1) is 9.24. The standard InChI is InChI=1S/C13H16N4O2/c1-10-11(13(19)15-7-4-8-18)9-16-17(10)12-5-2-3-6-14-12/h2-3,5-6,9,18H,4,7-8H2,1H3,(H,15,19). The Hall–Kier alpha value is -2.21. The molecule has 2 rings (SSSR count). The average molecular weight is 260 g/mol. The molecule has 0 saturated heterocycles. The molecular formula is C13H16N4O2. The number of pyridine rings is 1. The van der Waals surface area contributed by atoms with Crippen molar-refractivity contribution in [2.45, 2.75) is 13.3 Å². The third-order valence-electron chi connectivity index (χ3n) is 2.74. The van der Waals surface area contributed by atoms with Crippen LogP contribution in [0.5, 0.6) is 0 Å². The molecule has 0 aliphatic heterocycles. The van der Waals surface area contributed by atoms with Gasteiger partial charge in [0.15, 0.2) is 5.82 Å². The van der Waals surface area contributed by atoms with Crippen molar-refractivity contribution in [3.8, 4) is 5.82 Å². The van der Waals surface area contributed by atoms with E-state index >= 15 is 0 Å². The fourth-order valence-electron chi connectivity index (χ4n) is 1.72. The molecule has 0 spiro atoms. The number of nitrogens with one attached hydrogen (secondary N) is 1. The van der Waals surface area contributed by atoms with Gasteiger partial charge in [0.25, 0.3) is 5.91 Å². The van der Waals surface area contributed by atoms with E-state index in [9.17, 15) is 4.79 Å². The first-order valence-electron chi connectivity index (χ1n) is 6.09. The number of hydrogen-bond donors (Lipinski definition) is 2. The Morgan fingerprint density at radius 2 is 2.32 bits per heavy atom. The number of aliphatic hydroxyl groups excluding tert-OH is 1. The lowest BCUT2D eigenvalue weighted by atomic mass is 10.2. The van der Waals surface area contributed by atoms with E-state index in [-0.39, 0.29) is 12.5 Å². The van der Waals surface area contributed by atoms with Crippen LogP contribution in [0.2, 0.25) is 0 Å². The highest BCUT2D eigenvalue weighted by Crippen LogP contribution is 2.11. The van der Waals surface area contributed by atoms with Gasteiger partial charge in [-0.2, -0.15) is 5.10 Å². The molecule has 2 aromatic heterocycles. The Bertz CT molecular complexity index is 551. The third kappa shape index (κ3) is 2.97.